The number of rotatable bonds is 3. The molecule has 0 amide bonds. The molecule has 0 aliphatic carbocycles. The molecule has 0 saturated heterocycles. The molecule has 0 aliphatic rings. The molecule has 1 aromatic heterocycles. The molecule has 2 rings (SSSR count). The summed E-state index contributed by atoms with van der Waals surface area (Å²) < 4.78 is 41.6. The molecule has 8 heteroatoms. The number of pyridine rings is 1. The lowest BCUT2D eigenvalue weighted by atomic mass is 10.0. The van der Waals surface area contributed by atoms with Gasteiger partial charge in [-0.15, -0.1) is 0 Å². The molecule has 22 heavy (non-hydrogen) atoms. The SMILES string of the molecule is N#Cc1ccc(Cl)cc1-c1cc(=O)[nH]cc1OCC(F)(F)F. The van der Waals surface area contributed by atoms with E-state index in [1.165, 1.54) is 18.2 Å². The van der Waals surface area contributed by atoms with Crippen LogP contribution < -0.4 is 10.3 Å². The van der Waals surface area contributed by atoms with Crippen LogP contribution in [0.2, 0.25) is 5.02 Å². The van der Waals surface area contributed by atoms with Crippen molar-refractivity contribution in [3.63, 3.8) is 0 Å². The van der Waals surface area contributed by atoms with Crippen LogP contribution in [0, 0.1) is 11.3 Å². The Balaban J connectivity index is 2.55. The first-order valence-corrected chi connectivity index (χ1v) is 6.30. The van der Waals surface area contributed by atoms with E-state index >= 15 is 0 Å². The summed E-state index contributed by atoms with van der Waals surface area (Å²) in [7, 11) is 0. The predicted octanol–water partition coefficient (Wildman–Crippen LogP) is 3.51. The van der Waals surface area contributed by atoms with E-state index < -0.39 is 18.3 Å². The number of nitrogens with one attached hydrogen (secondary N) is 1. The Labute approximate surface area is 127 Å². The van der Waals surface area contributed by atoms with Crippen LogP contribution in [0.3, 0.4) is 0 Å². The number of alkyl halides is 3. The van der Waals surface area contributed by atoms with Gasteiger partial charge in [-0.3, -0.25) is 4.79 Å². The third-order valence-electron chi connectivity index (χ3n) is 2.67. The molecule has 114 valence electrons. The van der Waals surface area contributed by atoms with E-state index in [1.54, 1.807) is 0 Å². The summed E-state index contributed by atoms with van der Waals surface area (Å²) >= 11 is 5.85. The number of H-pyrrole nitrogens is 1. The van der Waals surface area contributed by atoms with Crippen molar-refractivity contribution in [1.82, 2.24) is 4.98 Å². The Morgan fingerprint density at radius 2 is 2.00 bits per heavy atom. The minimum atomic E-state index is -4.53. The lowest BCUT2D eigenvalue weighted by molar-refractivity contribution is -0.153. The van der Waals surface area contributed by atoms with Gasteiger partial charge in [0.1, 0.15) is 5.75 Å². The van der Waals surface area contributed by atoms with E-state index in [9.17, 15) is 18.0 Å². The molecule has 2 aromatic rings. The highest BCUT2D eigenvalue weighted by molar-refractivity contribution is 6.31. The van der Waals surface area contributed by atoms with E-state index in [1.807, 2.05) is 6.07 Å². The summed E-state index contributed by atoms with van der Waals surface area (Å²) in [6.45, 7) is -1.52. The number of hydrogen-bond acceptors (Lipinski definition) is 3. The van der Waals surface area contributed by atoms with Gasteiger partial charge in [-0.05, 0) is 18.2 Å². The first-order valence-electron chi connectivity index (χ1n) is 5.92. The molecular weight excluding hydrogens is 321 g/mol. The van der Waals surface area contributed by atoms with E-state index in [4.69, 9.17) is 21.6 Å². The highest BCUT2D eigenvalue weighted by Gasteiger charge is 2.29. The van der Waals surface area contributed by atoms with E-state index in [0.717, 1.165) is 12.3 Å². The van der Waals surface area contributed by atoms with Crippen molar-refractivity contribution in [2.24, 2.45) is 0 Å². The molecule has 0 bridgehead atoms. The van der Waals surface area contributed by atoms with Gasteiger partial charge in [0.05, 0.1) is 11.6 Å². The molecule has 0 saturated carbocycles. The van der Waals surface area contributed by atoms with Crippen molar-refractivity contribution < 1.29 is 17.9 Å². The van der Waals surface area contributed by atoms with Gasteiger partial charge in [0, 0.05) is 28.4 Å². The molecule has 1 N–H and O–H groups in total. The van der Waals surface area contributed by atoms with Crippen LogP contribution in [-0.2, 0) is 0 Å². The van der Waals surface area contributed by atoms with Crippen LogP contribution in [0.1, 0.15) is 5.56 Å². The average molecular weight is 329 g/mol. The number of nitriles is 1. The van der Waals surface area contributed by atoms with Gasteiger partial charge in [0.15, 0.2) is 6.61 Å². The van der Waals surface area contributed by atoms with Crippen molar-refractivity contribution in [3.05, 3.63) is 51.4 Å². The zero-order valence-electron chi connectivity index (χ0n) is 10.9. The van der Waals surface area contributed by atoms with Crippen molar-refractivity contribution in [2.75, 3.05) is 6.61 Å². The number of aromatic amines is 1. The number of ether oxygens (including phenoxy) is 1. The Bertz CT molecular complexity index is 794. The summed E-state index contributed by atoms with van der Waals surface area (Å²) in [5, 5.41) is 9.36. The van der Waals surface area contributed by atoms with Crippen molar-refractivity contribution in [1.29, 1.82) is 5.26 Å². The highest BCUT2D eigenvalue weighted by atomic mass is 35.5. The van der Waals surface area contributed by atoms with Gasteiger partial charge >= 0.3 is 6.18 Å². The lowest BCUT2D eigenvalue weighted by Crippen LogP contribution is -2.20. The maximum absolute atomic E-state index is 12.3. The Kier molecular flexibility index (Phi) is 4.43. The molecule has 0 unspecified atom stereocenters. The first-order chi connectivity index (χ1) is 10.3. The zero-order chi connectivity index (χ0) is 16.3. The zero-order valence-corrected chi connectivity index (χ0v) is 11.6. The van der Waals surface area contributed by atoms with Crippen LogP contribution in [0.5, 0.6) is 5.75 Å². The normalized spacial score (nSPS) is 11.0. The number of hydrogen-bond donors (Lipinski definition) is 1. The Morgan fingerprint density at radius 1 is 1.27 bits per heavy atom. The third-order valence-corrected chi connectivity index (χ3v) is 2.91. The predicted molar refractivity (Wildman–Crippen MR) is 73.8 cm³/mol. The number of aromatic nitrogens is 1. The van der Waals surface area contributed by atoms with Crippen molar-refractivity contribution in [2.45, 2.75) is 6.18 Å². The molecule has 0 aliphatic heterocycles. The fourth-order valence-electron chi connectivity index (χ4n) is 1.78. The molecule has 4 nitrogen and oxygen atoms in total. The highest BCUT2D eigenvalue weighted by Crippen LogP contribution is 2.33. The van der Waals surface area contributed by atoms with Crippen molar-refractivity contribution in [3.8, 4) is 22.9 Å². The van der Waals surface area contributed by atoms with Gasteiger partial charge in [0.25, 0.3) is 0 Å². The van der Waals surface area contributed by atoms with E-state index in [2.05, 4.69) is 4.98 Å². The van der Waals surface area contributed by atoms with Gasteiger partial charge in [-0.2, -0.15) is 18.4 Å². The van der Waals surface area contributed by atoms with E-state index in [0.29, 0.717) is 0 Å². The molecule has 0 spiro atoms. The van der Waals surface area contributed by atoms with E-state index in [-0.39, 0.29) is 27.5 Å². The molecule has 0 radical (unpaired) electrons. The van der Waals surface area contributed by atoms with Crippen LogP contribution in [0.4, 0.5) is 13.2 Å². The second kappa shape index (κ2) is 6.12. The monoisotopic (exact) mass is 328 g/mol. The minimum absolute atomic E-state index is 0.0621. The van der Waals surface area contributed by atoms with Gasteiger partial charge in [0.2, 0.25) is 5.56 Å². The minimum Gasteiger partial charge on any atom is -0.482 e. The standard InChI is InChI=1S/C14H8ClF3N2O2/c15-9-2-1-8(5-19)10(3-9)11-4-13(21)20-6-12(11)22-7-14(16,17)18/h1-4,6H,7H2,(H,20,21). The number of halogens is 4. The summed E-state index contributed by atoms with van der Waals surface area (Å²) in [5.74, 6) is -0.198. The van der Waals surface area contributed by atoms with Crippen LogP contribution in [0.25, 0.3) is 11.1 Å². The molecule has 0 fully saturated rings. The number of nitrogens with zero attached hydrogens (tertiary/aromatic N) is 1. The quantitative estimate of drug-likeness (QED) is 0.937. The molecule has 1 aromatic carbocycles. The van der Waals surface area contributed by atoms with Crippen LogP contribution >= 0.6 is 11.6 Å². The fourth-order valence-corrected chi connectivity index (χ4v) is 1.96. The lowest BCUT2D eigenvalue weighted by Gasteiger charge is -2.13. The third kappa shape index (κ3) is 3.80. The maximum atomic E-state index is 12.3. The number of benzene rings is 1. The topological polar surface area (TPSA) is 65.9 Å². The molecule has 0 atom stereocenters. The average Bonchev–Trinajstić information content (AvgIpc) is 2.45. The maximum Gasteiger partial charge on any atom is 0.422 e. The summed E-state index contributed by atoms with van der Waals surface area (Å²) in [5.41, 5.74) is -0.101. The largest absolute Gasteiger partial charge is 0.482 e. The summed E-state index contributed by atoms with van der Waals surface area (Å²) in [6.07, 6.45) is -3.51. The molecular formula is C14H8ClF3N2O2. The van der Waals surface area contributed by atoms with Crippen LogP contribution in [0.15, 0.2) is 35.3 Å². The fraction of sp³-hybridized carbons (Fsp3) is 0.143. The summed E-state index contributed by atoms with van der Waals surface area (Å²) in [6, 6.07) is 7.20. The Morgan fingerprint density at radius 3 is 2.64 bits per heavy atom. The van der Waals surface area contributed by atoms with Crippen molar-refractivity contribution >= 4 is 11.6 Å². The smallest absolute Gasteiger partial charge is 0.422 e. The Hall–Kier alpha value is -2.46. The second-order valence-electron chi connectivity index (χ2n) is 4.28. The first kappa shape index (κ1) is 15.9. The van der Waals surface area contributed by atoms with Gasteiger partial charge in [-0.25, -0.2) is 0 Å². The second-order valence-corrected chi connectivity index (χ2v) is 4.72. The summed E-state index contributed by atoms with van der Waals surface area (Å²) in [4.78, 5) is 13.7. The van der Waals surface area contributed by atoms with Gasteiger partial charge in [-0.1, -0.05) is 11.6 Å². The van der Waals surface area contributed by atoms with Gasteiger partial charge < -0.3 is 9.72 Å². The molecule has 1 heterocycles. The van der Waals surface area contributed by atoms with Crippen LogP contribution in [-0.4, -0.2) is 17.8 Å².